The third-order valence-corrected chi connectivity index (χ3v) is 3.00. The highest BCUT2D eigenvalue weighted by Crippen LogP contribution is 2.34. The van der Waals surface area contributed by atoms with Gasteiger partial charge in [0, 0.05) is 11.5 Å². The van der Waals surface area contributed by atoms with Crippen LogP contribution < -0.4 is 15.2 Å². The van der Waals surface area contributed by atoms with E-state index in [4.69, 9.17) is 27.4 Å². The van der Waals surface area contributed by atoms with Crippen molar-refractivity contribution >= 4 is 17.2 Å². The normalized spacial score (nSPS) is 12.3. The second kappa shape index (κ2) is 5.87. The minimum absolute atomic E-state index is 0.00458. The van der Waals surface area contributed by atoms with Gasteiger partial charge in [-0.05, 0) is 24.1 Å². The molecule has 0 aliphatic carbocycles. The first kappa shape index (κ1) is 13.8. The summed E-state index contributed by atoms with van der Waals surface area (Å²) in [6, 6.07) is 5.67. The monoisotopic (exact) mass is 253 g/mol. The molecule has 1 aromatic rings. The molecule has 4 heteroatoms. The van der Waals surface area contributed by atoms with Gasteiger partial charge in [0.15, 0.2) is 0 Å². The van der Waals surface area contributed by atoms with Gasteiger partial charge in [-0.1, -0.05) is 26.1 Å². The average Bonchev–Trinajstić information content (AvgIpc) is 2.28. The zero-order valence-electron chi connectivity index (χ0n) is 10.7. The lowest BCUT2D eigenvalue weighted by molar-refractivity contribution is 0.394. The Kier molecular flexibility index (Phi) is 4.75. The van der Waals surface area contributed by atoms with Crippen LogP contribution in [0, 0.1) is 5.92 Å². The number of hydrogen-bond donors (Lipinski definition) is 1. The van der Waals surface area contributed by atoms with Crippen LogP contribution in [0.5, 0.6) is 11.5 Å². The molecule has 0 aliphatic heterocycles. The minimum atomic E-state index is -0.00458. The third-order valence-electron chi connectivity index (χ3n) is 2.75. The van der Waals surface area contributed by atoms with Gasteiger partial charge in [-0.3, -0.25) is 0 Å². The van der Waals surface area contributed by atoms with Crippen LogP contribution in [-0.2, 0) is 0 Å². The van der Waals surface area contributed by atoms with Gasteiger partial charge in [0.1, 0.15) is 11.5 Å². The second-order valence-corrected chi connectivity index (χ2v) is 4.70. The predicted octanol–water partition coefficient (Wildman–Crippen LogP) is 2.73. The topological polar surface area (TPSA) is 44.5 Å². The summed E-state index contributed by atoms with van der Waals surface area (Å²) >= 11 is 5.14. The molecule has 1 atom stereocenters. The smallest absolute Gasteiger partial charge is 0.123 e. The average molecular weight is 253 g/mol. The molecule has 0 heterocycles. The van der Waals surface area contributed by atoms with Gasteiger partial charge in [-0.2, -0.15) is 0 Å². The lowest BCUT2D eigenvalue weighted by atomic mass is 9.87. The van der Waals surface area contributed by atoms with E-state index in [2.05, 4.69) is 13.8 Å². The molecule has 0 aromatic heterocycles. The van der Waals surface area contributed by atoms with E-state index in [9.17, 15) is 0 Å². The van der Waals surface area contributed by atoms with Crippen LogP contribution in [0.25, 0.3) is 0 Å². The van der Waals surface area contributed by atoms with Gasteiger partial charge in [0.2, 0.25) is 0 Å². The van der Waals surface area contributed by atoms with Crippen molar-refractivity contribution in [1.82, 2.24) is 0 Å². The van der Waals surface area contributed by atoms with Crippen LogP contribution in [0.15, 0.2) is 18.2 Å². The number of hydrogen-bond acceptors (Lipinski definition) is 3. The summed E-state index contributed by atoms with van der Waals surface area (Å²) in [7, 11) is 3.28. The van der Waals surface area contributed by atoms with Crippen LogP contribution in [0.1, 0.15) is 25.3 Å². The standard InChI is InChI=1S/C13H19NO2S/c1-8(2)12(13(14)17)10-7-9(15-3)5-6-11(10)16-4/h5-8,12H,1-4H3,(H2,14,17). The Morgan fingerprint density at radius 3 is 2.29 bits per heavy atom. The van der Waals surface area contributed by atoms with Gasteiger partial charge in [0.05, 0.1) is 19.2 Å². The molecule has 17 heavy (non-hydrogen) atoms. The Balaban J connectivity index is 3.28. The lowest BCUT2D eigenvalue weighted by Gasteiger charge is -2.22. The second-order valence-electron chi connectivity index (χ2n) is 4.23. The number of methoxy groups -OCH3 is 2. The molecule has 0 radical (unpaired) electrons. The van der Waals surface area contributed by atoms with E-state index < -0.39 is 0 Å². The van der Waals surface area contributed by atoms with Crippen molar-refractivity contribution in [1.29, 1.82) is 0 Å². The maximum Gasteiger partial charge on any atom is 0.123 e. The molecular weight excluding hydrogens is 234 g/mol. The zero-order chi connectivity index (χ0) is 13.0. The summed E-state index contributed by atoms with van der Waals surface area (Å²) in [6.07, 6.45) is 0. The molecule has 0 fully saturated rings. The van der Waals surface area contributed by atoms with Crippen molar-refractivity contribution in [2.75, 3.05) is 14.2 Å². The van der Waals surface area contributed by atoms with Crippen molar-refractivity contribution in [2.45, 2.75) is 19.8 Å². The van der Waals surface area contributed by atoms with Crippen LogP contribution in [0.3, 0.4) is 0 Å². The fourth-order valence-electron chi connectivity index (χ4n) is 1.92. The van der Waals surface area contributed by atoms with E-state index >= 15 is 0 Å². The summed E-state index contributed by atoms with van der Waals surface area (Å²) in [4.78, 5) is 0.478. The maximum atomic E-state index is 5.82. The molecule has 0 bridgehead atoms. The van der Waals surface area contributed by atoms with E-state index in [1.165, 1.54) is 0 Å². The molecule has 2 N–H and O–H groups in total. The van der Waals surface area contributed by atoms with Crippen molar-refractivity contribution in [3.63, 3.8) is 0 Å². The highest BCUT2D eigenvalue weighted by molar-refractivity contribution is 7.80. The highest BCUT2D eigenvalue weighted by Gasteiger charge is 2.23. The first-order valence-corrected chi connectivity index (χ1v) is 5.93. The van der Waals surface area contributed by atoms with Gasteiger partial charge in [0.25, 0.3) is 0 Å². The zero-order valence-corrected chi connectivity index (χ0v) is 11.5. The summed E-state index contributed by atoms with van der Waals surface area (Å²) in [5.74, 6) is 1.88. The fraction of sp³-hybridized carbons (Fsp3) is 0.462. The highest BCUT2D eigenvalue weighted by atomic mass is 32.1. The number of benzene rings is 1. The Bertz CT molecular complexity index is 404. The van der Waals surface area contributed by atoms with Crippen LogP contribution in [0.2, 0.25) is 0 Å². The first-order valence-electron chi connectivity index (χ1n) is 5.52. The maximum absolute atomic E-state index is 5.82. The molecule has 1 rings (SSSR count). The molecule has 0 amide bonds. The van der Waals surface area contributed by atoms with E-state index in [-0.39, 0.29) is 5.92 Å². The summed E-state index contributed by atoms with van der Waals surface area (Å²) in [5.41, 5.74) is 6.80. The van der Waals surface area contributed by atoms with E-state index in [1.54, 1.807) is 14.2 Å². The van der Waals surface area contributed by atoms with E-state index in [0.29, 0.717) is 10.9 Å². The molecule has 3 nitrogen and oxygen atoms in total. The largest absolute Gasteiger partial charge is 0.497 e. The van der Waals surface area contributed by atoms with E-state index in [1.807, 2.05) is 18.2 Å². The van der Waals surface area contributed by atoms with Crippen molar-refractivity contribution in [3.05, 3.63) is 23.8 Å². The van der Waals surface area contributed by atoms with Crippen LogP contribution in [-0.4, -0.2) is 19.2 Å². The Morgan fingerprint density at radius 1 is 1.24 bits per heavy atom. The van der Waals surface area contributed by atoms with Gasteiger partial charge < -0.3 is 15.2 Å². The van der Waals surface area contributed by atoms with Crippen molar-refractivity contribution in [2.24, 2.45) is 11.7 Å². The Morgan fingerprint density at radius 2 is 1.88 bits per heavy atom. The van der Waals surface area contributed by atoms with E-state index in [0.717, 1.165) is 17.1 Å². The van der Waals surface area contributed by atoms with Gasteiger partial charge in [-0.25, -0.2) is 0 Å². The summed E-state index contributed by atoms with van der Waals surface area (Å²) in [6.45, 7) is 4.17. The quantitative estimate of drug-likeness (QED) is 0.819. The van der Waals surface area contributed by atoms with Crippen LogP contribution >= 0.6 is 12.2 Å². The van der Waals surface area contributed by atoms with Gasteiger partial charge >= 0.3 is 0 Å². The molecule has 1 unspecified atom stereocenters. The number of ether oxygens (including phenoxy) is 2. The minimum Gasteiger partial charge on any atom is -0.497 e. The number of rotatable bonds is 5. The predicted molar refractivity (Wildman–Crippen MR) is 73.9 cm³/mol. The summed E-state index contributed by atoms with van der Waals surface area (Å²) in [5, 5.41) is 0. The molecule has 0 aliphatic rings. The molecule has 1 aromatic carbocycles. The third kappa shape index (κ3) is 3.09. The van der Waals surface area contributed by atoms with Crippen LogP contribution in [0.4, 0.5) is 0 Å². The Labute approximate surface area is 108 Å². The molecule has 0 spiro atoms. The first-order chi connectivity index (χ1) is 8.01. The number of thiocarbonyl (C=S) groups is 1. The molecular formula is C13H19NO2S. The van der Waals surface area contributed by atoms with Crippen molar-refractivity contribution in [3.8, 4) is 11.5 Å². The molecule has 0 saturated heterocycles. The van der Waals surface area contributed by atoms with Gasteiger partial charge in [-0.15, -0.1) is 0 Å². The fourth-order valence-corrected chi connectivity index (χ4v) is 2.32. The summed E-state index contributed by atoms with van der Waals surface area (Å²) < 4.78 is 10.6. The Hall–Kier alpha value is -1.29. The lowest BCUT2D eigenvalue weighted by Crippen LogP contribution is -2.24. The molecule has 94 valence electrons. The molecule has 0 saturated carbocycles. The number of nitrogens with two attached hydrogens (primary N) is 1. The SMILES string of the molecule is COc1ccc(OC)c(C(C(N)=S)C(C)C)c1. The van der Waals surface area contributed by atoms with Crippen molar-refractivity contribution < 1.29 is 9.47 Å².